The SMILES string of the molecule is CCCCNC(=O)C(C)N(Cc1ccc(Br)cc1)C(=O)Cc1ccc(Cl)c(Cl)c1. The standard InChI is InChI=1S/C22H25BrCl2N2O2/c1-3-4-11-26-22(29)15(2)27(14-16-5-8-18(23)9-6-16)21(28)13-17-7-10-19(24)20(25)12-17/h5-10,12,15H,3-4,11,13-14H2,1-2H3,(H,26,29). The van der Waals surface area contributed by atoms with E-state index in [-0.39, 0.29) is 18.2 Å². The van der Waals surface area contributed by atoms with E-state index in [2.05, 4.69) is 28.2 Å². The van der Waals surface area contributed by atoms with Gasteiger partial charge >= 0.3 is 0 Å². The van der Waals surface area contributed by atoms with Gasteiger partial charge in [-0.1, -0.05) is 70.7 Å². The Bertz CT molecular complexity index is 843. The minimum absolute atomic E-state index is 0.139. The van der Waals surface area contributed by atoms with Crippen molar-refractivity contribution in [2.24, 2.45) is 0 Å². The molecule has 0 spiro atoms. The molecule has 1 atom stereocenters. The van der Waals surface area contributed by atoms with Gasteiger partial charge in [0.1, 0.15) is 6.04 Å². The van der Waals surface area contributed by atoms with Crippen LogP contribution in [0.5, 0.6) is 0 Å². The molecule has 2 aromatic rings. The second-order valence-electron chi connectivity index (χ2n) is 6.89. The minimum Gasteiger partial charge on any atom is -0.354 e. The van der Waals surface area contributed by atoms with Crippen LogP contribution in [0.15, 0.2) is 46.9 Å². The molecule has 1 unspecified atom stereocenters. The van der Waals surface area contributed by atoms with E-state index in [0.29, 0.717) is 23.1 Å². The van der Waals surface area contributed by atoms with Crippen molar-refractivity contribution >= 4 is 50.9 Å². The summed E-state index contributed by atoms with van der Waals surface area (Å²) >= 11 is 15.5. The first-order valence-electron chi connectivity index (χ1n) is 9.57. The van der Waals surface area contributed by atoms with E-state index >= 15 is 0 Å². The number of unbranched alkanes of at least 4 members (excludes halogenated alkanes) is 1. The molecule has 0 aromatic heterocycles. The molecule has 156 valence electrons. The predicted octanol–water partition coefficient (Wildman–Crippen LogP) is 5.63. The molecule has 0 radical (unpaired) electrons. The van der Waals surface area contributed by atoms with E-state index in [0.717, 1.165) is 28.4 Å². The number of rotatable bonds is 9. The summed E-state index contributed by atoms with van der Waals surface area (Å²) in [6.07, 6.45) is 2.04. The van der Waals surface area contributed by atoms with Crippen LogP contribution in [0.3, 0.4) is 0 Å². The molecule has 2 aromatic carbocycles. The van der Waals surface area contributed by atoms with Crippen LogP contribution in [0, 0.1) is 0 Å². The molecule has 1 N–H and O–H groups in total. The van der Waals surface area contributed by atoms with Crippen LogP contribution in [0.25, 0.3) is 0 Å². The largest absolute Gasteiger partial charge is 0.354 e. The molecule has 2 rings (SSSR count). The lowest BCUT2D eigenvalue weighted by Crippen LogP contribution is -2.48. The molecule has 0 heterocycles. The molecule has 0 saturated carbocycles. The third-order valence-electron chi connectivity index (χ3n) is 4.60. The highest BCUT2D eigenvalue weighted by Gasteiger charge is 2.26. The highest BCUT2D eigenvalue weighted by atomic mass is 79.9. The van der Waals surface area contributed by atoms with E-state index in [9.17, 15) is 9.59 Å². The molecule has 0 bridgehead atoms. The van der Waals surface area contributed by atoms with Crippen molar-refractivity contribution in [2.75, 3.05) is 6.54 Å². The first-order chi connectivity index (χ1) is 13.8. The molecular formula is C22H25BrCl2N2O2. The van der Waals surface area contributed by atoms with Gasteiger partial charge in [0.05, 0.1) is 16.5 Å². The van der Waals surface area contributed by atoms with Gasteiger partial charge in [-0.15, -0.1) is 0 Å². The fraction of sp³-hybridized carbons (Fsp3) is 0.364. The lowest BCUT2D eigenvalue weighted by Gasteiger charge is -2.29. The molecule has 0 aliphatic carbocycles. The summed E-state index contributed by atoms with van der Waals surface area (Å²) in [5, 5.41) is 3.76. The van der Waals surface area contributed by atoms with E-state index in [4.69, 9.17) is 23.2 Å². The highest BCUT2D eigenvalue weighted by molar-refractivity contribution is 9.10. The van der Waals surface area contributed by atoms with Gasteiger partial charge in [0.2, 0.25) is 11.8 Å². The van der Waals surface area contributed by atoms with Crippen molar-refractivity contribution in [1.82, 2.24) is 10.2 Å². The maximum atomic E-state index is 13.1. The number of carbonyl (C=O) groups is 2. The quantitative estimate of drug-likeness (QED) is 0.454. The van der Waals surface area contributed by atoms with Crippen LogP contribution in [0.2, 0.25) is 10.0 Å². The van der Waals surface area contributed by atoms with Crippen molar-refractivity contribution in [2.45, 2.75) is 45.7 Å². The van der Waals surface area contributed by atoms with Crippen molar-refractivity contribution in [1.29, 1.82) is 0 Å². The summed E-state index contributed by atoms with van der Waals surface area (Å²) in [5.41, 5.74) is 1.70. The van der Waals surface area contributed by atoms with Gasteiger partial charge in [-0.05, 0) is 48.7 Å². The number of nitrogens with zero attached hydrogens (tertiary/aromatic N) is 1. The molecule has 0 saturated heterocycles. The van der Waals surface area contributed by atoms with Crippen molar-refractivity contribution in [3.05, 3.63) is 68.1 Å². The Hall–Kier alpha value is -1.56. The van der Waals surface area contributed by atoms with Crippen molar-refractivity contribution in [3.63, 3.8) is 0 Å². The van der Waals surface area contributed by atoms with Gasteiger partial charge in [-0.2, -0.15) is 0 Å². The zero-order chi connectivity index (χ0) is 21.4. The van der Waals surface area contributed by atoms with Gasteiger partial charge in [0.15, 0.2) is 0 Å². The second kappa shape index (κ2) is 11.6. The monoisotopic (exact) mass is 498 g/mol. The van der Waals surface area contributed by atoms with Gasteiger partial charge in [0.25, 0.3) is 0 Å². The number of halogens is 3. The van der Waals surface area contributed by atoms with E-state index in [1.807, 2.05) is 24.3 Å². The summed E-state index contributed by atoms with van der Waals surface area (Å²) in [6, 6.07) is 12.3. The lowest BCUT2D eigenvalue weighted by atomic mass is 10.1. The molecule has 0 fully saturated rings. The first kappa shape index (κ1) is 23.7. The first-order valence-corrected chi connectivity index (χ1v) is 11.1. The fourth-order valence-electron chi connectivity index (χ4n) is 2.83. The van der Waals surface area contributed by atoms with Crippen molar-refractivity contribution < 1.29 is 9.59 Å². The van der Waals surface area contributed by atoms with E-state index in [1.165, 1.54) is 0 Å². The summed E-state index contributed by atoms with van der Waals surface area (Å²) in [5.74, 6) is -0.303. The average molecular weight is 500 g/mol. The van der Waals surface area contributed by atoms with Crippen molar-refractivity contribution in [3.8, 4) is 0 Å². The van der Waals surface area contributed by atoms with Crippen LogP contribution in [0.4, 0.5) is 0 Å². The van der Waals surface area contributed by atoms with Gasteiger partial charge < -0.3 is 10.2 Å². The number of nitrogens with one attached hydrogen (secondary N) is 1. The van der Waals surface area contributed by atoms with Gasteiger partial charge in [-0.3, -0.25) is 9.59 Å². The Labute approximate surface area is 190 Å². The number of benzene rings is 2. The maximum absolute atomic E-state index is 13.1. The average Bonchev–Trinajstić information content (AvgIpc) is 2.69. The Morgan fingerprint density at radius 2 is 1.72 bits per heavy atom. The number of amides is 2. The summed E-state index contributed by atoms with van der Waals surface area (Å²) < 4.78 is 0.959. The zero-order valence-electron chi connectivity index (χ0n) is 16.6. The van der Waals surface area contributed by atoms with E-state index in [1.54, 1.807) is 30.0 Å². The number of hydrogen-bond acceptors (Lipinski definition) is 2. The minimum atomic E-state index is -0.592. The van der Waals surface area contributed by atoms with Crippen LogP contribution >= 0.6 is 39.1 Å². The third kappa shape index (κ3) is 7.32. The predicted molar refractivity (Wildman–Crippen MR) is 122 cm³/mol. The van der Waals surface area contributed by atoms with E-state index < -0.39 is 6.04 Å². The molecule has 4 nitrogen and oxygen atoms in total. The Morgan fingerprint density at radius 3 is 2.34 bits per heavy atom. The molecule has 0 aliphatic heterocycles. The number of carbonyl (C=O) groups excluding carboxylic acids is 2. The highest BCUT2D eigenvalue weighted by Crippen LogP contribution is 2.23. The lowest BCUT2D eigenvalue weighted by molar-refractivity contribution is -0.140. The van der Waals surface area contributed by atoms with Crippen LogP contribution in [-0.2, 0) is 22.6 Å². The Kier molecular flexibility index (Phi) is 9.47. The smallest absolute Gasteiger partial charge is 0.242 e. The Morgan fingerprint density at radius 1 is 1.07 bits per heavy atom. The molecular weight excluding hydrogens is 475 g/mol. The summed E-state index contributed by atoms with van der Waals surface area (Å²) in [6.45, 7) is 4.77. The van der Waals surface area contributed by atoms with Crippen LogP contribution < -0.4 is 5.32 Å². The van der Waals surface area contributed by atoms with Crippen LogP contribution in [0.1, 0.15) is 37.8 Å². The molecule has 29 heavy (non-hydrogen) atoms. The van der Waals surface area contributed by atoms with Gasteiger partial charge in [-0.25, -0.2) is 0 Å². The molecule has 7 heteroatoms. The number of hydrogen-bond donors (Lipinski definition) is 1. The van der Waals surface area contributed by atoms with Gasteiger partial charge in [0, 0.05) is 17.6 Å². The second-order valence-corrected chi connectivity index (χ2v) is 8.62. The zero-order valence-corrected chi connectivity index (χ0v) is 19.6. The topological polar surface area (TPSA) is 49.4 Å². The molecule has 2 amide bonds. The Balaban J connectivity index is 2.19. The third-order valence-corrected chi connectivity index (χ3v) is 5.87. The molecule has 0 aliphatic rings. The maximum Gasteiger partial charge on any atom is 0.242 e. The van der Waals surface area contributed by atoms with Crippen LogP contribution in [-0.4, -0.2) is 29.3 Å². The normalized spacial score (nSPS) is 11.8. The fourth-order valence-corrected chi connectivity index (χ4v) is 3.42. The summed E-state index contributed by atoms with van der Waals surface area (Å²) in [4.78, 5) is 27.3. The summed E-state index contributed by atoms with van der Waals surface area (Å²) in [7, 11) is 0.